The molecule has 2 rings (SSSR count). The molecule has 2 aliphatic rings. The van der Waals surface area contributed by atoms with Crippen molar-refractivity contribution < 1.29 is 0 Å². The van der Waals surface area contributed by atoms with Crippen molar-refractivity contribution in [2.45, 2.75) is 12.5 Å². The summed E-state index contributed by atoms with van der Waals surface area (Å²) in [6.07, 6.45) is 7.47. The maximum absolute atomic E-state index is 5.70. The highest BCUT2D eigenvalue weighted by molar-refractivity contribution is 5.22. The van der Waals surface area contributed by atoms with Gasteiger partial charge in [-0.15, -0.1) is 0 Å². The van der Waals surface area contributed by atoms with Gasteiger partial charge in [-0.05, 0) is 19.5 Å². The first-order valence-corrected chi connectivity index (χ1v) is 5.32. The number of rotatable bonds is 1. The van der Waals surface area contributed by atoms with E-state index in [4.69, 9.17) is 5.73 Å². The number of allylic oxidation sites excluding steroid dienone is 1. The fourth-order valence-electron chi connectivity index (χ4n) is 2.05. The summed E-state index contributed by atoms with van der Waals surface area (Å²) in [5.74, 6) is 0. The monoisotopic (exact) mass is 193 g/mol. The molecule has 2 N–H and O–H groups in total. The standard InChI is InChI=1S/C11H19N3/c1-13-6-8-14(9-7-13)11-4-2-10(12)3-5-11/h2-4,11H,5-9,12H2,1H3. The van der Waals surface area contributed by atoms with Crippen LogP contribution >= 0.6 is 0 Å². The number of hydrogen-bond donors (Lipinski definition) is 1. The summed E-state index contributed by atoms with van der Waals surface area (Å²) < 4.78 is 0. The fourth-order valence-corrected chi connectivity index (χ4v) is 2.05. The summed E-state index contributed by atoms with van der Waals surface area (Å²) in [7, 11) is 2.19. The minimum atomic E-state index is 0.580. The van der Waals surface area contributed by atoms with Crippen molar-refractivity contribution in [3.8, 4) is 0 Å². The molecule has 0 aromatic carbocycles. The summed E-state index contributed by atoms with van der Waals surface area (Å²) in [5.41, 5.74) is 6.61. The van der Waals surface area contributed by atoms with Crippen molar-refractivity contribution in [2.24, 2.45) is 5.73 Å². The minimum absolute atomic E-state index is 0.580. The molecule has 3 nitrogen and oxygen atoms in total. The fraction of sp³-hybridized carbons (Fsp3) is 0.636. The Morgan fingerprint density at radius 2 is 2.00 bits per heavy atom. The van der Waals surface area contributed by atoms with Gasteiger partial charge in [0.25, 0.3) is 0 Å². The van der Waals surface area contributed by atoms with Crippen molar-refractivity contribution in [3.63, 3.8) is 0 Å². The number of hydrogen-bond acceptors (Lipinski definition) is 3. The first-order chi connectivity index (χ1) is 6.75. The molecule has 0 aromatic rings. The third-order valence-electron chi connectivity index (χ3n) is 3.11. The van der Waals surface area contributed by atoms with Crippen LogP contribution in [0, 0.1) is 0 Å². The Morgan fingerprint density at radius 1 is 1.29 bits per heavy atom. The molecule has 0 bridgehead atoms. The molecule has 1 unspecified atom stereocenters. The third kappa shape index (κ3) is 2.16. The second-order valence-corrected chi connectivity index (χ2v) is 4.21. The van der Waals surface area contributed by atoms with Crippen molar-refractivity contribution in [1.29, 1.82) is 0 Å². The molecule has 0 aromatic heterocycles. The summed E-state index contributed by atoms with van der Waals surface area (Å²) in [6.45, 7) is 4.73. The van der Waals surface area contributed by atoms with Gasteiger partial charge in [0, 0.05) is 37.9 Å². The van der Waals surface area contributed by atoms with Gasteiger partial charge in [0.2, 0.25) is 0 Å². The van der Waals surface area contributed by atoms with E-state index in [1.807, 2.05) is 6.08 Å². The van der Waals surface area contributed by atoms with E-state index >= 15 is 0 Å². The maximum atomic E-state index is 5.70. The highest BCUT2D eigenvalue weighted by atomic mass is 15.3. The smallest absolute Gasteiger partial charge is 0.0318 e. The summed E-state index contributed by atoms with van der Waals surface area (Å²) in [4.78, 5) is 4.92. The molecule has 1 heterocycles. The molecule has 3 heteroatoms. The zero-order chi connectivity index (χ0) is 9.97. The van der Waals surface area contributed by atoms with Crippen LogP contribution in [0.3, 0.4) is 0 Å². The van der Waals surface area contributed by atoms with Crippen LogP contribution in [0.2, 0.25) is 0 Å². The van der Waals surface area contributed by atoms with Gasteiger partial charge in [-0.1, -0.05) is 12.2 Å². The van der Waals surface area contributed by atoms with Crippen LogP contribution in [0.1, 0.15) is 6.42 Å². The SMILES string of the molecule is CN1CCN(C2C=CC(N)=CC2)CC1. The van der Waals surface area contributed by atoms with Crippen LogP contribution in [0.25, 0.3) is 0 Å². The lowest BCUT2D eigenvalue weighted by atomic mass is 10.0. The molecule has 0 amide bonds. The van der Waals surface area contributed by atoms with Gasteiger partial charge in [0.15, 0.2) is 0 Å². The van der Waals surface area contributed by atoms with E-state index in [-0.39, 0.29) is 0 Å². The predicted molar refractivity (Wildman–Crippen MR) is 58.9 cm³/mol. The van der Waals surface area contributed by atoms with Gasteiger partial charge in [0.05, 0.1) is 0 Å². The average Bonchev–Trinajstić information content (AvgIpc) is 2.21. The lowest BCUT2D eigenvalue weighted by Crippen LogP contribution is -2.48. The molecular weight excluding hydrogens is 174 g/mol. The number of nitrogens with zero attached hydrogens (tertiary/aromatic N) is 2. The van der Waals surface area contributed by atoms with Gasteiger partial charge in [-0.3, -0.25) is 4.90 Å². The van der Waals surface area contributed by atoms with E-state index in [1.54, 1.807) is 0 Å². The number of piperazine rings is 1. The molecule has 1 aliphatic heterocycles. The normalized spacial score (nSPS) is 30.4. The van der Waals surface area contributed by atoms with Gasteiger partial charge < -0.3 is 10.6 Å². The lowest BCUT2D eigenvalue weighted by Gasteiger charge is -2.37. The molecule has 1 fully saturated rings. The topological polar surface area (TPSA) is 32.5 Å². The zero-order valence-corrected chi connectivity index (χ0v) is 8.82. The molecular formula is C11H19N3. The average molecular weight is 193 g/mol. The Bertz CT molecular complexity index is 249. The first-order valence-electron chi connectivity index (χ1n) is 5.32. The third-order valence-corrected chi connectivity index (χ3v) is 3.11. The maximum Gasteiger partial charge on any atom is 0.0318 e. The molecule has 1 aliphatic carbocycles. The van der Waals surface area contributed by atoms with Crippen LogP contribution in [0.5, 0.6) is 0 Å². The molecule has 0 radical (unpaired) electrons. The summed E-state index contributed by atoms with van der Waals surface area (Å²) in [6, 6.07) is 0.580. The minimum Gasteiger partial charge on any atom is -0.399 e. The second kappa shape index (κ2) is 4.15. The lowest BCUT2D eigenvalue weighted by molar-refractivity contribution is 0.130. The van der Waals surface area contributed by atoms with Crippen molar-refractivity contribution in [3.05, 3.63) is 23.9 Å². The van der Waals surface area contributed by atoms with Crippen LogP contribution in [-0.2, 0) is 0 Å². The van der Waals surface area contributed by atoms with E-state index in [0.717, 1.165) is 12.1 Å². The largest absolute Gasteiger partial charge is 0.399 e. The highest BCUT2D eigenvalue weighted by Gasteiger charge is 2.20. The Balaban J connectivity index is 1.88. The van der Waals surface area contributed by atoms with Gasteiger partial charge in [-0.25, -0.2) is 0 Å². The van der Waals surface area contributed by atoms with Crippen LogP contribution in [0.4, 0.5) is 0 Å². The van der Waals surface area contributed by atoms with Crippen LogP contribution < -0.4 is 5.73 Å². The Morgan fingerprint density at radius 3 is 2.57 bits per heavy atom. The predicted octanol–water partition coefficient (Wildman–Crippen LogP) is 0.405. The van der Waals surface area contributed by atoms with Crippen LogP contribution in [0.15, 0.2) is 23.9 Å². The van der Waals surface area contributed by atoms with Gasteiger partial charge >= 0.3 is 0 Å². The Kier molecular flexibility index (Phi) is 2.89. The Hall–Kier alpha value is -0.800. The molecule has 78 valence electrons. The number of likely N-dealkylation sites (N-methyl/N-ethyl adjacent to an activating group) is 1. The zero-order valence-electron chi connectivity index (χ0n) is 8.82. The molecule has 0 spiro atoms. The molecule has 1 saturated heterocycles. The van der Waals surface area contributed by atoms with Crippen molar-refractivity contribution in [2.75, 3.05) is 33.2 Å². The summed E-state index contributed by atoms with van der Waals surface area (Å²) in [5, 5.41) is 0. The van der Waals surface area contributed by atoms with E-state index in [0.29, 0.717) is 6.04 Å². The molecule has 1 atom stereocenters. The van der Waals surface area contributed by atoms with Crippen molar-refractivity contribution in [1.82, 2.24) is 9.80 Å². The van der Waals surface area contributed by atoms with Gasteiger partial charge in [0.1, 0.15) is 0 Å². The first kappa shape index (κ1) is 9.74. The highest BCUT2D eigenvalue weighted by Crippen LogP contribution is 2.15. The summed E-state index contributed by atoms with van der Waals surface area (Å²) >= 11 is 0. The van der Waals surface area contributed by atoms with Crippen molar-refractivity contribution >= 4 is 0 Å². The Labute approximate surface area is 85.9 Å². The van der Waals surface area contributed by atoms with E-state index in [1.165, 1.54) is 26.2 Å². The quantitative estimate of drug-likeness (QED) is 0.654. The van der Waals surface area contributed by atoms with Gasteiger partial charge in [-0.2, -0.15) is 0 Å². The van der Waals surface area contributed by atoms with Crippen LogP contribution in [-0.4, -0.2) is 49.1 Å². The van der Waals surface area contributed by atoms with E-state index in [2.05, 4.69) is 29.0 Å². The number of nitrogens with two attached hydrogens (primary N) is 1. The molecule has 0 saturated carbocycles. The van der Waals surface area contributed by atoms with E-state index in [9.17, 15) is 0 Å². The second-order valence-electron chi connectivity index (χ2n) is 4.21. The molecule has 14 heavy (non-hydrogen) atoms. The van der Waals surface area contributed by atoms with E-state index < -0.39 is 0 Å².